The standard InChI is InChI=1S/C12H22N2O2/c1-2-11(7-8-12(15)16)14-10-6-4-3-5-9-13/h2,7-8,14H,3-6,9-10,13H2,1H3,(H,15,16)/b8-7-,11-2?. The van der Waals surface area contributed by atoms with Crippen molar-refractivity contribution in [2.75, 3.05) is 13.1 Å². The number of unbranched alkanes of at least 4 members (excludes halogenated alkanes) is 3. The number of carboxylic acids is 1. The first-order valence-corrected chi connectivity index (χ1v) is 5.72. The summed E-state index contributed by atoms with van der Waals surface area (Å²) >= 11 is 0. The number of nitrogens with one attached hydrogen (secondary N) is 1. The minimum Gasteiger partial charge on any atom is -0.478 e. The predicted molar refractivity (Wildman–Crippen MR) is 66.1 cm³/mol. The molecular formula is C12H22N2O2. The lowest BCUT2D eigenvalue weighted by Gasteiger charge is -2.06. The Morgan fingerprint density at radius 3 is 2.50 bits per heavy atom. The van der Waals surface area contributed by atoms with Gasteiger partial charge in [-0.05, 0) is 32.4 Å². The van der Waals surface area contributed by atoms with Crippen LogP contribution in [0.3, 0.4) is 0 Å². The van der Waals surface area contributed by atoms with Crippen molar-refractivity contribution in [2.45, 2.75) is 32.6 Å². The molecule has 0 aliphatic carbocycles. The zero-order chi connectivity index (χ0) is 12.2. The molecule has 0 radical (unpaired) electrons. The minimum absolute atomic E-state index is 0.759. The van der Waals surface area contributed by atoms with Gasteiger partial charge in [0.1, 0.15) is 0 Å². The van der Waals surface area contributed by atoms with Crippen molar-refractivity contribution in [3.05, 3.63) is 23.9 Å². The molecule has 0 aliphatic rings. The van der Waals surface area contributed by atoms with Crippen molar-refractivity contribution < 1.29 is 9.90 Å². The molecule has 0 saturated carbocycles. The molecule has 16 heavy (non-hydrogen) atoms. The Kier molecular flexibility index (Phi) is 9.41. The van der Waals surface area contributed by atoms with Crippen molar-refractivity contribution in [3.63, 3.8) is 0 Å². The molecule has 0 bridgehead atoms. The molecule has 0 saturated heterocycles. The molecule has 92 valence electrons. The molecule has 4 heteroatoms. The highest BCUT2D eigenvalue weighted by atomic mass is 16.4. The molecule has 0 amide bonds. The predicted octanol–water partition coefficient (Wildman–Crippen LogP) is 1.64. The summed E-state index contributed by atoms with van der Waals surface area (Å²) in [6, 6.07) is 0. The summed E-state index contributed by atoms with van der Waals surface area (Å²) in [5.41, 5.74) is 6.24. The van der Waals surface area contributed by atoms with E-state index < -0.39 is 5.97 Å². The zero-order valence-corrected chi connectivity index (χ0v) is 9.91. The van der Waals surface area contributed by atoms with Crippen molar-refractivity contribution in [1.29, 1.82) is 0 Å². The third kappa shape index (κ3) is 9.27. The number of allylic oxidation sites excluding steroid dienone is 2. The van der Waals surface area contributed by atoms with Crippen molar-refractivity contribution in [1.82, 2.24) is 5.32 Å². The van der Waals surface area contributed by atoms with Gasteiger partial charge in [-0.15, -0.1) is 0 Å². The molecule has 0 fully saturated rings. The Labute approximate surface area is 97.2 Å². The van der Waals surface area contributed by atoms with Gasteiger partial charge in [-0.2, -0.15) is 0 Å². The van der Waals surface area contributed by atoms with Crippen LogP contribution in [0.25, 0.3) is 0 Å². The second-order valence-electron chi connectivity index (χ2n) is 3.55. The van der Waals surface area contributed by atoms with E-state index in [0.717, 1.165) is 50.5 Å². The average molecular weight is 226 g/mol. The number of hydrogen-bond acceptors (Lipinski definition) is 3. The number of carboxylic acid groups (broad SMARTS) is 1. The fourth-order valence-electron chi connectivity index (χ4n) is 1.27. The normalized spacial score (nSPS) is 12.0. The van der Waals surface area contributed by atoms with Crippen LogP contribution in [0.2, 0.25) is 0 Å². The number of rotatable bonds is 9. The van der Waals surface area contributed by atoms with E-state index in [4.69, 9.17) is 10.8 Å². The highest BCUT2D eigenvalue weighted by Gasteiger charge is 1.92. The van der Waals surface area contributed by atoms with Crippen LogP contribution in [-0.4, -0.2) is 24.2 Å². The summed E-state index contributed by atoms with van der Waals surface area (Å²) in [4.78, 5) is 10.3. The average Bonchev–Trinajstić information content (AvgIpc) is 2.27. The Balaban J connectivity index is 3.61. The van der Waals surface area contributed by atoms with E-state index in [-0.39, 0.29) is 0 Å². The number of aliphatic carboxylic acids is 1. The van der Waals surface area contributed by atoms with Gasteiger partial charge in [0, 0.05) is 18.3 Å². The Morgan fingerprint density at radius 1 is 1.25 bits per heavy atom. The van der Waals surface area contributed by atoms with E-state index in [1.165, 1.54) is 0 Å². The van der Waals surface area contributed by atoms with Gasteiger partial charge in [0.25, 0.3) is 0 Å². The number of nitrogens with two attached hydrogens (primary N) is 1. The summed E-state index contributed by atoms with van der Waals surface area (Å²) < 4.78 is 0. The van der Waals surface area contributed by atoms with Gasteiger partial charge < -0.3 is 16.2 Å². The van der Waals surface area contributed by atoms with E-state index in [1.54, 1.807) is 6.08 Å². The third-order valence-corrected chi connectivity index (χ3v) is 2.18. The van der Waals surface area contributed by atoms with Crippen LogP contribution in [-0.2, 0) is 4.79 Å². The molecule has 0 spiro atoms. The first kappa shape index (κ1) is 14.7. The first-order chi connectivity index (χ1) is 7.70. The van der Waals surface area contributed by atoms with Crippen LogP contribution in [0, 0.1) is 0 Å². The monoisotopic (exact) mass is 226 g/mol. The molecule has 0 aromatic rings. The Hall–Kier alpha value is -1.29. The van der Waals surface area contributed by atoms with Gasteiger partial charge in [0.2, 0.25) is 0 Å². The highest BCUT2D eigenvalue weighted by molar-refractivity contribution is 5.80. The topological polar surface area (TPSA) is 75.3 Å². The fourth-order valence-corrected chi connectivity index (χ4v) is 1.27. The SMILES string of the molecule is CC=C(/C=C\C(=O)O)NCCCCCCN. The van der Waals surface area contributed by atoms with Gasteiger partial charge >= 0.3 is 5.97 Å². The molecule has 0 aliphatic heterocycles. The van der Waals surface area contributed by atoms with E-state index >= 15 is 0 Å². The van der Waals surface area contributed by atoms with E-state index in [1.807, 2.05) is 13.0 Å². The van der Waals surface area contributed by atoms with E-state index in [0.29, 0.717) is 0 Å². The zero-order valence-electron chi connectivity index (χ0n) is 9.91. The van der Waals surface area contributed by atoms with Crippen LogP contribution in [0.4, 0.5) is 0 Å². The lowest BCUT2D eigenvalue weighted by Crippen LogP contribution is -2.13. The fraction of sp³-hybridized carbons (Fsp3) is 0.583. The lowest BCUT2D eigenvalue weighted by atomic mass is 10.2. The summed E-state index contributed by atoms with van der Waals surface area (Å²) in [5, 5.41) is 11.7. The van der Waals surface area contributed by atoms with Crippen molar-refractivity contribution >= 4 is 5.97 Å². The largest absolute Gasteiger partial charge is 0.478 e. The van der Waals surface area contributed by atoms with Gasteiger partial charge in [-0.3, -0.25) is 0 Å². The van der Waals surface area contributed by atoms with Crippen LogP contribution in [0.15, 0.2) is 23.9 Å². The van der Waals surface area contributed by atoms with Crippen molar-refractivity contribution in [3.8, 4) is 0 Å². The molecular weight excluding hydrogens is 204 g/mol. The van der Waals surface area contributed by atoms with Crippen LogP contribution in [0.5, 0.6) is 0 Å². The van der Waals surface area contributed by atoms with Gasteiger partial charge in [-0.1, -0.05) is 18.9 Å². The number of carbonyl (C=O) groups is 1. The Morgan fingerprint density at radius 2 is 1.94 bits per heavy atom. The minimum atomic E-state index is -0.927. The quantitative estimate of drug-likeness (QED) is 0.317. The van der Waals surface area contributed by atoms with Crippen LogP contribution < -0.4 is 11.1 Å². The lowest BCUT2D eigenvalue weighted by molar-refractivity contribution is -0.131. The molecule has 0 atom stereocenters. The highest BCUT2D eigenvalue weighted by Crippen LogP contribution is 1.99. The van der Waals surface area contributed by atoms with Crippen molar-refractivity contribution in [2.24, 2.45) is 5.73 Å². The molecule has 0 unspecified atom stereocenters. The van der Waals surface area contributed by atoms with Gasteiger partial charge in [0.05, 0.1) is 0 Å². The van der Waals surface area contributed by atoms with E-state index in [9.17, 15) is 4.79 Å². The summed E-state index contributed by atoms with van der Waals surface area (Å²) in [7, 11) is 0. The van der Waals surface area contributed by atoms with Crippen LogP contribution >= 0.6 is 0 Å². The molecule has 0 rings (SSSR count). The van der Waals surface area contributed by atoms with Gasteiger partial charge in [0.15, 0.2) is 0 Å². The smallest absolute Gasteiger partial charge is 0.328 e. The number of hydrogen-bond donors (Lipinski definition) is 3. The second kappa shape index (κ2) is 10.2. The maximum absolute atomic E-state index is 10.3. The molecule has 0 heterocycles. The Bertz CT molecular complexity index is 247. The summed E-state index contributed by atoms with van der Waals surface area (Å²) in [5.74, 6) is -0.927. The van der Waals surface area contributed by atoms with E-state index in [2.05, 4.69) is 5.32 Å². The summed E-state index contributed by atoms with van der Waals surface area (Å²) in [6.07, 6.45) is 9.05. The third-order valence-electron chi connectivity index (χ3n) is 2.18. The molecule has 4 N–H and O–H groups in total. The maximum atomic E-state index is 10.3. The van der Waals surface area contributed by atoms with Gasteiger partial charge in [-0.25, -0.2) is 4.79 Å². The second-order valence-corrected chi connectivity index (χ2v) is 3.55. The first-order valence-electron chi connectivity index (χ1n) is 5.72. The summed E-state index contributed by atoms with van der Waals surface area (Å²) in [6.45, 7) is 3.51. The molecule has 0 aromatic carbocycles. The van der Waals surface area contributed by atoms with Crippen LogP contribution in [0.1, 0.15) is 32.6 Å². The molecule has 4 nitrogen and oxygen atoms in total. The molecule has 0 aromatic heterocycles. The maximum Gasteiger partial charge on any atom is 0.328 e.